The van der Waals surface area contributed by atoms with Crippen molar-refractivity contribution in [3.05, 3.63) is 58.4 Å². The van der Waals surface area contributed by atoms with E-state index in [9.17, 15) is 9.90 Å². The van der Waals surface area contributed by atoms with E-state index in [1.807, 2.05) is 36.4 Å². The largest absolute Gasteiger partial charge is 0.386 e. The first-order chi connectivity index (χ1) is 9.80. The number of rotatable bonds is 4. The van der Waals surface area contributed by atoms with Crippen LogP contribution in [0.4, 0.5) is 0 Å². The highest BCUT2D eigenvalue weighted by atomic mass is 16.3. The number of hydrogen-bond acceptors (Lipinski definition) is 2. The second-order valence-corrected chi connectivity index (χ2v) is 6.37. The normalized spacial score (nSPS) is 11.9. The third-order valence-corrected chi connectivity index (χ3v) is 3.45. The summed E-state index contributed by atoms with van der Waals surface area (Å²) in [5.41, 5.74) is 1.09. The standard InChI is InChI=1S/C18H23NO2/c1-13(2)12-19-16(14-8-6-5-7-9-14)11-10-15(17(19)20)18(3,4)21/h5-11,13,21H,12H2,1-4H3. The van der Waals surface area contributed by atoms with Gasteiger partial charge >= 0.3 is 0 Å². The quantitative estimate of drug-likeness (QED) is 0.935. The fourth-order valence-electron chi connectivity index (χ4n) is 2.45. The van der Waals surface area contributed by atoms with Crippen LogP contribution in [0.25, 0.3) is 11.3 Å². The Hall–Kier alpha value is -1.87. The number of aliphatic hydroxyl groups is 1. The third-order valence-electron chi connectivity index (χ3n) is 3.45. The van der Waals surface area contributed by atoms with Crippen molar-refractivity contribution in [3.8, 4) is 11.3 Å². The molecule has 1 aromatic carbocycles. The molecule has 3 heteroatoms. The molecule has 0 atom stereocenters. The molecule has 3 nitrogen and oxygen atoms in total. The summed E-state index contributed by atoms with van der Waals surface area (Å²) in [4.78, 5) is 12.7. The molecule has 0 aliphatic carbocycles. The van der Waals surface area contributed by atoms with Gasteiger partial charge in [0.2, 0.25) is 0 Å². The van der Waals surface area contributed by atoms with Gasteiger partial charge in [-0.1, -0.05) is 44.2 Å². The fourth-order valence-corrected chi connectivity index (χ4v) is 2.45. The minimum atomic E-state index is -1.13. The molecule has 0 aliphatic heterocycles. The van der Waals surface area contributed by atoms with Gasteiger partial charge < -0.3 is 9.67 Å². The molecule has 0 saturated carbocycles. The van der Waals surface area contributed by atoms with Crippen LogP contribution in [0.5, 0.6) is 0 Å². The van der Waals surface area contributed by atoms with Crippen LogP contribution in [0.2, 0.25) is 0 Å². The Balaban J connectivity index is 2.67. The summed E-state index contributed by atoms with van der Waals surface area (Å²) in [7, 11) is 0. The average molecular weight is 285 g/mol. The Bertz CT molecular complexity index is 664. The predicted molar refractivity (Wildman–Crippen MR) is 86.2 cm³/mol. The first kappa shape index (κ1) is 15.5. The second kappa shape index (κ2) is 5.86. The smallest absolute Gasteiger partial charge is 0.257 e. The van der Waals surface area contributed by atoms with Crippen molar-refractivity contribution in [2.45, 2.75) is 39.8 Å². The summed E-state index contributed by atoms with van der Waals surface area (Å²) in [6.07, 6.45) is 0. The number of pyridine rings is 1. The van der Waals surface area contributed by atoms with E-state index in [1.165, 1.54) is 0 Å². The third kappa shape index (κ3) is 3.42. The van der Waals surface area contributed by atoms with E-state index < -0.39 is 5.60 Å². The molecule has 1 heterocycles. The highest BCUT2D eigenvalue weighted by Crippen LogP contribution is 2.22. The molecule has 0 unspecified atom stereocenters. The Morgan fingerprint density at radius 1 is 1.10 bits per heavy atom. The molecule has 0 fully saturated rings. The highest BCUT2D eigenvalue weighted by molar-refractivity contribution is 5.59. The van der Waals surface area contributed by atoms with E-state index >= 15 is 0 Å². The van der Waals surface area contributed by atoms with Gasteiger partial charge in [0.15, 0.2) is 0 Å². The Morgan fingerprint density at radius 3 is 2.24 bits per heavy atom. The minimum Gasteiger partial charge on any atom is -0.386 e. The molecule has 0 bridgehead atoms. The van der Waals surface area contributed by atoms with Crippen LogP contribution in [-0.2, 0) is 12.1 Å². The van der Waals surface area contributed by atoms with E-state index in [-0.39, 0.29) is 5.56 Å². The lowest BCUT2D eigenvalue weighted by molar-refractivity contribution is 0.0764. The van der Waals surface area contributed by atoms with Gasteiger partial charge in [0.05, 0.1) is 11.3 Å². The summed E-state index contributed by atoms with van der Waals surface area (Å²) < 4.78 is 1.77. The molecule has 2 aromatic rings. The van der Waals surface area contributed by atoms with Gasteiger partial charge in [-0.3, -0.25) is 4.79 Å². The fraction of sp³-hybridized carbons (Fsp3) is 0.389. The first-order valence-electron chi connectivity index (χ1n) is 7.33. The van der Waals surface area contributed by atoms with Gasteiger partial charge in [0.25, 0.3) is 5.56 Å². The summed E-state index contributed by atoms with van der Waals surface area (Å²) in [6.45, 7) is 8.08. The zero-order valence-electron chi connectivity index (χ0n) is 13.1. The summed E-state index contributed by atoms with van der Waals surface area (Å²) in [5.74, 6) is 0.349. The monoisotopic (exact) mass is 285 g/mol. The zero-order chi connectivity index (χ0) is 15.6. The van der Waals surface area contributed by atoms with Crippen molar-refractivity contribution < 1.29 is 5.11 Å². The Kier molecular flexibility index (Phi) is 4.33. The molecule has 0 radical (unpaired) electrons. The minimum absolute atomic E-state index is 0.113. The SMILES string of the molecule is CC(C)Cn1c(-c2ccccc2)ccc(C(C)(C)O)c1=O. The van der Waals surface area contributed by atoms with Gasteiger partial charge in [-0.2, -0.15) is 0 Å². The Labute approximate surface area is 125 Å². The number of hydrogen-bond donors (Lipinski definition) is 1. The van der Waals surface area contributed by atoms with Crippen molar-refractivity contribution in [3.63, 3.8) is 0 Å². The predicted octanol–water partition coefficient (Wildman–Crippen LogP) is 3.40. The zero-order valence-corrected chi connectivity index (χ0v) is 13.1. The molecule has 0 aliphatic rings. The lowest BCUT2D eigenvalue weighted by Gasteiger charge is -2.22. The molecule has 0 saturated heterocycles. The molecule has 0 spiro atoms. The van der Waals surface area contributed by atoms with Crippen LogP contribution in [0.3, 0.4) is 0 Å². The van der Waals surface area contributed by atoms with Crippen molar-refractivity contribution in [2.24, 2.45) is 5.92 Å². The average Bonchev–Trinajstić information content (AvgIpc) is 2.40. The topological polar surface area (TPSA) is 42.2 Å². The van der Waals surface area contributed by atoms with Crippen LogP contribution in [0.15, 0.2) is 47.3 Å². The van der Waals surface area contributed by atoms with Gasteiger partial charge in [-0.05, 0) is 37.5 Å². The van der Waals surface area contributed by atoms with Crippen LogP contribution in [0, 0.1) is 5.92 Å². The van der Waals surface area contributed by atoms with Gasteiger partial charge in [0, 0.05) is 12.1 Å². The maximum atomic E-state index is 12.7. The van der Waals surface area contributed by atoms with E-state index in [0.29, 0.717) is 18.0 Å². The second-order valence-electron chi connectivity index (χ2n) is 6.37. The van der Waals surface area contributed by atoms with Gasteiger partial charge in [-0.25, -0.2) is 0 Å². The van der Waals surface area contributed by atoms with E-state index in [2.05, 4.69) is 13.8 Å². The van der Waals surface area contributed by atoms with E-state index in [1.54, 1.807) is 24.5 Å². The van der Waals surface area contributed by atoms with Crippen LogP contribution in [0.1, 0.15) is 33.3 Å². The van der Waals surface area contributed by atoms with Crippen LogP contribution < -0.4 is 5.56 Å². The lowest BCUT2D eigenvalue weighted by Crippen LogP contribution is -2.33. The first-order valence-corrected chi connectivity index (χ1v) is 7.33. The number of nitrogens with zero attached hydrogens (tertiary/aromatic N) is 1. The van der Waals surface area contributed by atoms with Gasteiger partial charge in [0.1, 0.15) is 0 Å². The number of benzene rings is 1. The van der Waals surface area contributed by atoms with Crippen molar-refractivity contribution in [1.82, 2.24) is 4.57 Å². The van der Waals surface area contributed by atoms with Crippen LogP contribution in [-0.4, -0.2) is 9.67 Å². The number of aromatic nitrogens is 1. The van der Waals surface area contributed by atoms with Crippen molar-refractivity contribution >= 4 is 0 Å². The molecule has 1 N–H and O–H groups in total. The van der Waals surface area contributed by atoms with E-state index in [4.69, 9.17) is 0 Å². The molecule has 21 heavy (non-hydrogen) atoms. The summed E-state index contributed by atoms with van der Waals surface area (Å²) in [6, 6.07) is 13.5. The lowest BCUT2D eigenvalue weighted by atomic mass is 9.98. The molecular weight excluding hydrogens is 262 g/mol. The highest BCUT2D eigenvalue weighted by Gasteiger charge is 2.22. The molecule has 2 rings (SSSR count). The molecular formula is C18H23NO2. The van der Waals surface area contributed by atoms with Crippen LogP contribution >= 0.6 is 0 Å². The van der Waals surface area contributed by atoms with Crippen molar-refractivity contribution in [1.29, 1.82) is 0 Å². The molecule has 1 aromatic heterocycles. The maximum Gasteiger partial charge on any atom is 0.257 e. The summed E-state index contributed by atoms with van der Waals surface area (Å²) in [5, 5.41) is 10.2. The van der Waals surface area contributed by atoms with Crippen molar-refractivity contribution in [2.75, 3.05) is 0 Å². The van der Waals surface area contributed by atoms with Gasteiger partial charge in [-0.15, -0.1) is 0 Å². The maximum absolute atomic E-state index is 12.7. The Morgan fingerprint density at radius 2 is 1.71 bits per heavy atom. The summed E-state index contributed by atoms with van der Waals surface area (Å²) >= 11 is 0. The molecule has 112 valence electrons. The molecule has 0 amide bonds. The van der Waals surface area contributed by atoms with E-state index in [0.717, 1.165) is 11.3 Å².